The van der Waals surface area contributed by atoms with Gasteiger partial charge in [0.25, 0.3) is 0 Å². The Morgan fingerprint density at radius 1 is 0.909 bits per heavy atom. The number of carbonyl (C=O) groups excluding carboxylic acids is 1. The SMILES string of the molecule is O=C(O)C1CC(=O)N(c2cc(-c3ccccc3)c3cc(CCc4ccccc4)ccc3n2)C1. The number of hydrogen-bond acceptors (Lipinski definition) is 3. The van der Waals surface area contributed by atoms with Gasteiger partial charge in [-0.3, -0.25) is 14.5 Å². The topological polar surface area (TPSA) is 70.5 Å². The number of hydrogen-bond donors (Lipinski definition) is 1. The number of carboxylic acid groups (broad SMARTS) is 1. The molecular weight excluding hydrogens is 412 g/mol. The first-order chi connectivity index (χ1) is 16.1. The minimum absolute atomic E-state index is 0.00808. The summed E-state index contributed by atoms with van der Waals surface area (Å²) in [6.07, 6.45) is 1.88. The second kappa shape index (κ2) is 8.87. The van der Waals surface area contributed by atoms with Gasteiger partial charge >= 0.3 is 5.97 Å². The minimum atomic E-state index is -0.946. The van der Waals surface area contributed by atoms with Crippen molar-refractivity contribution in [2.24, 2.45) is 5.92 Å². The zero-order valence-electron chi connectivity index (χ0n) is 18.1. The van der Waals surface area contributed by atoms with Crippen LogP contribution in [0.2, 0.25) is 0 Å². The van der Waals surface area contributed by atoms with Gasteiger partial charge in [0, 0.05) is 18.4 Å². The Labute approximate surface area is 192 Å². The molecule has 0 saturated carbocycles. The molecule has 1 atom stereocenters. The average Bonchev–Trinajstić information content (AvgIpc) is 3.25. The van der Waals surface area contributed by atoms with E-state index in [4.69, 9.17) is 4.98 Å². The van der Waals surface area contributed by atoms with E-state index in [1.807, 2.05) is 48.5 Å². The van der Waals surface area contributed by atoms with Crippen molar-refractivity contribution >= 4 is 28.6 Å². The fraction of sp³-hybridized carbons (Fsp3) is 0.179. The van der Waals surface area contributed by atoms with Crippen LogP contribution in [0.25, 0.3) is 22.0 Å². The molecule has 1 saturated heterocycles. The normalized spacial score (nSPS) is 15.8. The average molecular weight is 437 g/mol. The molecule has 1 aliphatic heterocycles. The maximum Gasteiger partial charge on any atom is 0.308 e. The largest absolute Gasteiger partial charge is 0.481 e. The molecule has 5 heteroatoms. The third-order valence-electron chi connectivity index (χ3n) is 6.24. The first kappa shape index (κ1) is 20.9. The molecule has 164 valence electrons. The summed E-state index contributed by atoms with van der Waals surface area (Å²) in [4.78, 5) is 30.3. The Morgan fingerprint density at radius 3 is 2.30 bits per heavy atom. The number of carbonyl (C=O) groups is 2. The van der Waals surface area contributed by atoms with E-state index in [-0.39, 0.29) is 18.9 Å². The number of benzene rings is 3. The molecule has 5 nitrogen and oxygen atoms in total. The van der Waals surface area contributed by atoms with Crippen molar-refractivity contribution in [3.63, 3.8) is 0 Å². The van der Waals surface area contributed by atoms with Crippen LogP contribution in [0.15, 0.2) is 84.9 Å². The number of aryl methyl sites for hydroxylation is 2. The van der Waals surface area contributed by atoms with Crippen LogP contribution in [0, 0.1) is 5.92 Å². The van der Waals surface area contributed by atoms with E-state index >= 15 is 0 Å². The second-order valence-corrected chi connectivity index (χ2v) is 8.47. The maximum atomic E-state index is 12.6. The lowest BCUT2D eigenvalue weighted by molar-refractivity contribution is -0.141. The molecule has 1 fully saturated rings. The Balaban J connectivity index is 1.55. The van der Waals surface area contributed by atoms with Gasteiger partial charge in [-0.1, -0.05) is 66.7 Å². The lowest BCUT2D eigenvalue weighted by Gasteiger charge is -2.18. The number of anilines is 1. The van der Waals surface area contributed by atoms with Gasteiger partial charge < -0.3 is 5.11 Å². The van der Waals surface area contributed by atoms with Crippen molar-refractivity contribution in [3.05, 3.63) is 96.1 Å². The predicted octanol–water partition coefficient (Wildman–Crippen LogP) is 5.12. The van der Waals surface area contributed by atoms with E-state index < -0.39 is 11.9 Å². The first-order valence-corrected chi connectivity index (χ1v) is 11.1. The number of aliphatic carboxylic acids is 1. The summed E-state index contributed by atoms with van der Waals surface area (Å²) in [5.41, 5.74) is 5.34. The van der Waals surface area contributed by atoms with Crippen molar-refractivity contribution in [3.8, 4) is 11.1 Å². The fourth-order valence-electron chi connectivity index (χ4n) is 4.44. The molecular formula is C28H24N2O3. The molecule has 0 aliphatic carbocycles. The van der Waals surface area contributed by atoms with Crippen LogP contribution in [0.1, 0.15) is 17.5 Å². The minimum Gasteiger partial charge on any atom is -0.481 e. The van der Waals surface area contributed by atoms with Crippen LogP contribution in [-0.2, 0) is 22.4 Å². The quantitative estimate of drug-likeness (QED) is 0.455. The van der Waals surface area contributed by atoms with Crippen molar-refractivity contribution in [1.82, 2.24) is 4.98 Å². The summed E-state index contributed by atoms with van der Waals surface area (Å²) in [5, 5.41) is 10.4. The number of amides is 1. The number of fused-ring (bicyclic) bond motifs is 1. The molecule has 1 amide bonds. The molecule has 0 radical (unpaired) electrons. The zero-order chi connectivity index (χ0) is 22.8. The number of pyridine rings is 1. The smallest absolute Gasteiger partial charge is 0.308 e. The van der Waals surface area contributed by atoms with Crippen LogP contribution in [-0.4, -0.2) is 28.5 Å². The van der Waals surface area contributed by atoms with Crippen molar-refractivity contribution in [1.29, 1.82) is 0 Å². The maximum absolute atomic E-state index is 12.6. The number of rotatable bonds is 6. The number of carboxylic acids is 1. The second-order valence-electron chi connectivity index (χ2n) is 8.47. The third-order valence-corrected chi connectivity index (χ3v) is 6.24. The summed E-state index contributed by atoms with van der Waals surface area (Å²) in [7, 11) is 0. The standard InChI is InChI=1S/C28H24N2O3/c31-27-16-22(28(32)33)18-30(27)26-17-23(21-9-5-2-6-10-21)24-15-20(13-14-25(24)29-26)12-11-19-7-3-1-4-8-19/h1-10,13-15,17,22H,11-12,16,18H2,(H,32,33). The van der Waals surface area contributed by atoms with Crippen LogP contribution < -0.4 is 4.90 Å². The number of aromatic nitrogens is 1. The Hall–Kier alpha value is -3.99. The Kier molecular flexibility index (Phi) is 5.61. The highest BCUT2D eigenvalue weighted by atomic mass is 16.4. The van der Waals surface area contributed by atoms with Crippen LogP contribution in [0.3, 0.4) is 0 Å². The molecule has 0 bridgehead atoms. The van der Waals surface area contributed by atoms with E-state index in [1.54, 1.807) is 0 Å². The fourth-order valence-corrected chi connectivity index (χ4v) is 4.44. The molecule has 1 N–H and O–H groups in total. The Bertz CT molecular complexity index is 1320. The van der Waals surface area contributed by atoms with Gasteiger partial charge in [0.05, 0.1) is 11.4 Å². The van der Waals surface area contributed by atoms with Crippen molar-refractivity contribution in [2.75, 3.05) is 11.4 Å². The lowest BCUT2D eigenvalue weighted by atomic mass is 9.97. The number of nitrogens with zero attached hydrogens (tertiary/aromatic N) is 2. The summed E-state index contributed by atoms with van der Waals surface area (Å²) >= 11 is 0. The summed E-state index contributed by atoms with van der Waals surface area (Å²) in [6.45, 7) is 0.149. The summed E-state index contributed by atoms with van der Waals surface area (Å²) in [6, 6.07) is 28.6. The van der Waals surface area contributed by atoms with E-state index in [0.717, 1.165) is 34.9 Å². The molecule has 1 unspecified atom stereocenters. The highest BCUT2D eigenvalue weighted by Gasteiger charge is 2.36. The molecule has 33 heavy (non-hydrogen) atoms. The zero-order valence-corrected chi connectivity index (χ0v) is 18.1. The molecule has 4 aromatic rings. The summed E-state index contributed by atoms with van der Waals surface area (Å²) in [5.74, 6) is -1.34. The Morgan fingerprint density at radius 2 is 1.61 bits per heavy atom. The third kappa shape index (κ3) is 4.35. The molecule has 1 aromatic heterocycles. The molecule has 5 rings (SSSR count). The van der Waals surface area contributed by atoms with Gasteiger partial charge in [0.1, 0.15) is 5.82 Å². The van der Waals surface area contributed by atoms with E-state index in [2.05, 4.69) is 36.4 Å². The molecule has 0 spiro atoms. The van der Waals surface area contributed by atoms with Gasteiger partial charge in [-0.25, -0.2) is 4.98 Å². The van der Waals surface area contributed by atoms with E-state index in [9.17, 15) is 14.7 Å². The lowest BCUT2D eigenvalue weighted by Crippen LogP contribution is -2.26. The van der Waals surface area contributed by atoms with Gasteiger partial charge in [-0.05, 0) is 53.3 Å². The summed E-state index contributed by atoms with van der Waals surface area (Å²) < 4.78 is 0. The highest BCUT2D eigenvalue weighted by Crippen LogP contribution is 2.34. The molecule has 1 aliphatic rings. The van der Waals surface area contributed by atoms with Gasteiger partial charge in [-0.2, -0.15) is 0 Å². The van der Waals surface area contributed by atoms with Gasteiger partial charge in [-0.15, -0.1) is 0 Å². The van der Waals surface area contributed by atoms with Crippen LogP contribution in [0.5, 0.6) is 0 Å². The molecule has 3 aromatic carbocycles. The van der Waals surface area contributed by atoms with E-state index in [0.29, 0.717) is 5.82 Å². The van der Waals surface area contributed by atoms with E-state index in [1.165, 1.54) is 16.0 Å². The highest BCUT2D eigenvalue weighted by molar-refractivity contribution is 6.02. The van der Waals surface area contributed by atoms with Gasteiger partial charge in [0.2, 0.25) is 5.91 Å². The predicted molar refractivity (Wildman–Crippen MR) is 129 cm³/mol. The molecule has 2 heterocycles. The van der Waals surface area contributed by atoms with Gasteiger partial charge in [0.15, 0.2) is 0 Å². The van der Waals surface area contributed by atoms with Crippen molar-refractivity contribution in [2.45, 2.75) is 19.3 Å². The van der Waals surface area contributed by atoms with Crippen LogP contribution in [0.4, 0.5) is 5.82 Å². The van der Waals surface area contributed by atoms with Crippen LogP contribution >= 0.6 is 0 Å². The first-order valence-electron chi connectivity index (χ1n) is 11.1. The van der Waals surface area contributed by atoms with Crippen molar-refractivity contribution < 1.29 is 14.7 Å². The monoisotopic (exact) mass is 436 g/mol.